The molecule has 20 heavy (non-hydrogen) atoms. The van der Waals surface area contributed by atoms with Crippen LogP contribution in [0.4, 0.5) is 19.0 Å². The molecule has 0 amide bonds. The van der Waals surface area contributed by atoms with Crippen molar-refractivity contribution < 1.29 is 37.5 Å². The fourth-order valence-corrected chi connectivity index (χ4v) is 1.21. The molecule has 0 atom stereocenters. The monoisotopic (exact) mass is 296 g/mol. The number of esters is 1. The van der Waals surface area contributed by atoms with Crippen LogP contribution >= 0.6 is 0 Å². The molecule has 8 nitrogen and oxygen atoms in total. The number of aromatic nitrogens is 1. The second kappa shape index (κ2) is 5.59. The number of carbonyl (C=O) groups excluding carboxylic acids is 1. The summed E-state index contributed by atoms with van der Waals surface area (Å²) in [6, 6.07) is 0.562. The van der Waals surface area contributed by atoms with Gasteiger partial charge in [-0.2, -0.15) is 0 Å². The fourth-order valence-electron chi connectivity index (χ4n) is 1.21. The van der Waals surface area contributed by atoms with E-state index in [0.29, 0.717) is 6.07 Å². The Balaban J connectivity index is 3.27. The highest BCUT2D eigenvalue weighted by atomic mass is 19.4. The van der Waals surface area contributed by atoms with Crippen LogP contribution in [0.15, 0.2) is 6.07 Å². The lowest BCUT2D eigenvalue weighted by molar-refractivity contribution is -0.391. The van der Waals surface area contributed by atoms with Crippen LogP contribution in [-0.2, 0) is 16.0 Å². The number of nitro groups is 1. The van der Waals surface area contributed by atoms with E-state index in [4.69, 9.17) is 0 Å². The summed E-state index contributed by atoms with van der Waals surface area (Å²) >= 11 is 0. The quantitative estimate of drug-likeness (QED) is 0.506. The van der Waals surface area contributed by atoms with Crippen LogP contribution in [0.5, 0.6) is 11.6 Å². The fraction of sp³-hybridized carbons (Fsp3) is 0.333. The van der Waals surface area contributed by atoms with Gasteiger partial charge in [-0.1, -0.05) is 0 Å². The molecule has 1 heterocycles. The predicted octanol–water partition coefficient (Wildman–Crippen LogP) is 1.31. The number of hydrogen-bond donors (Lipinski definition) is 1. The molecule has 0 aliphatic heterocycles. The van der Waals surface area contributed by atoms with Gasteiger partial charge < -0.3 is 24.7 Å². The van der Waals surface area contributed by atoms with E-state index in [1.807, 2.05) is 0 Å². The van der Waals surface area contributed by atoms with Crippen molar-refractivity contribution in [2.24, 2.45) is 0 Å². The van der Waals surface area contributed by atoms with Gasteiger partial charge in [0, 0.05) is 16.6 Å². The van der Waals surface area contributed by atoms with Crippen LogP contribution < -0.4 is 4.74 Å². The number of alkyl halides is 3. The summed E-state index contributed by atoms with van der Waals surface area (Å²) in [4.78, 5) is 23.3. The first-order valence-corrected chi connectivity index (χ1v) is 4.84. The molecular formula is C9H7F3N2O6. The molecule has 11 heteroatoms. The van der Waals surface area contributed by atoms with E-state index in [1.54, 1.807) is 0 Å². The van der Waals surface area contributed by atoms with Gasteiger partial charge in [-0.05, 0) is 4.92 Å². The lowest BCUT2D eigenvalue weighted by atomic mass is 10.1. The molecule has 110 valence electrons. The van der Waals surface area contributed by atoms with Gasteiger partial charge in [0.2, 0.25) is 5.75 Å². The number of methoxy groups -OCH3 is 1. The Bertz CT molecular complexity index is 545. The molecule has 0 saturated heterocycles. The van der Waals surface area contributed by atoms with Crippen molar-refractivity contribution in [3.05, 3.63) is 21.7 Å². The van der Waals surface area contributed by atoms with Gasteiger partial charge in [-0.15, -0.1) is 13.2 Å². The minimum atomic E-state index is -5.12. The predicted molar refractivity (Wildman–Crippen MR) is 55.0 cm³/mol. The Labute approximate surface area is 108 Å². The Kier molecular flexibility index (Phi) is 4.32. The van der Waals surface area contributed by atoms with Crippen molar-refractivity contribution in [2.75, 3.05) is 7.11 Å². The smallest absolute Gasteiger partial charge is 0.501 e. The van der Waals surface area contributed by atoms with Crippen molar-refractivity contribution in [1.82, 2.24) is 4.98 Å². The Hall–Kier alpha value is -2.59. The van der Waals surface area contributed by atoms with Crippen LogP contribution in [0.25, 0.3) is 0 Å². The van der Waals surface area contributed by atoms with Gasteiger partial charge in [0.1, 0.15) is 0 Å². The van der Waals surface area contributed by atoms with Crippen LogP contribution in [0, 0.1) is 10.1 Å². The number of pyridine rings is 1. The number of nitrogens with zero attached hydrogens (tertiary/aromatic N) is 2. The molecule has 1 N–H and O–H groups in total. The van der Waals surface area contributed by atoms with Gasteiger partial charge in [-0.25, -0.2) is 0 Å². The van der Waals surface area contributed by atoms with Crippen LogP contribution in [0.1, 0.15) is 5.56 Å². The molecule has 0 unspecified atom stereocenters. The molecule has 1 rings (SSSR count). The van der Waals surface area contributed by atoms with Crippen molar-refractivity contribution in [2.45, 2.75) is 12.8 Å². The molecule has 0 bridgehead atoms. The third-order valence-electron chi connectivity index (χ3n) is 1.99. The van der Waals surface area contributed by atoms with Gasteiger partial charge in [0.25, 0.3) is 0 Å². The molecule has 0 fully saturated rings. The summed E-state index contributed by atoms with van der Waals surface area (Å²) in [6.45, 7) is 0. The van der Waals surface area contributed by atoms with E-state index in [0.717, 1.165) is 7.11 Å². The van der Waals surface area contributed by atoms with Crippen molar-refractivity contribution in [3.63, 3.8) is 0 Å². The number of aromatic hydroxyl groups is 1. The van der Waals surface area contributed by atoms with Crippen LogP contribution in [-0.4, -0.2) is 34.5 Å². The zero-order valence-electron chi connectivity index (χ0n) is 9.80. The number of carbonyl (C=O) groups is 1. The number of ether oxygens (including phenoxy) is 2. The lowest BCUT2D eigenvalue weighted by Crippen LogP contribution is -2.18. The topological polar surface area (TPSA) is 112 Å². The van der Waals surface area contributed by atoms with E-state index in [9.17, 15) is 33.2 Å². The van der Waals surface area contributed by atoms with Crippen molar-refractivity contribution in [3.8, 4) is 11.6 Å². The van der Waals surface area contributed by atoms with Crippen LogP contribution in [0.3, 0.4) is 0 Å². The molecule has 0 aromatic carbocycles. The highest BCUT2D eigenvalue weighted by molar-refractivity contribution is 5.74. The molecule has 0 aliphatic carbocycles. The summed E-state index contributed by atoms with van der Waals surface area (Å²) in [7, 11) is 1.00. The van der Waals surface area contributed by atoms with Gasteiger partial charge >= 0.3 is 24.0 Å². The number of rotatable bonds is 4. The molecular weight excluding hydrogens is 289 g/mol. The largest absolute Gasteiger partial charge is 0.575 e. The van der Waals surface area contributed by atoms with Crippen molar-refractivity contribution >= 4 is 11.8 Å². The maximum Gasteiger partial charge on any atom is 0.575 e. The highest BCUT2D eigenvalue weighted by Gasteiger charge is 2.35. The summed E-state index contributed by atoms with van der Waals surface area (Å²) in [5.41, 5.74) is -0.474. The minimum absolute atomic E-state index is 0.474. The Morgan fingerprint density at radius 2 is 2.15 bits per heavy atom. The second-order valence-corrected chi connectivity index (χ2v) is 3.35. The van der Waals surface area contributed by atoms with Crippen LogP contribution in [0.2, 0.25) is 0 Å². The summed E-state index contributed by atoms with van der Waals surface area (Å²) in [5, 5.41) is 20.1. The number of hydrogen-bond acceptors (Lipinski definition) is 7. The first kappa shape index (κ1) is 15.5. The zero-order chi connectivity index (χ0) is 15.5. The van der Waals surface area contributed by atoms with E-state index >= 15 is 0 Å². The molecule has 0 radical (unpaired) electrons. The normalized spacial score (nSPS) is 11.0. The molecule has 0 spiro atoms. The second-order valence-electron chi connectivity index (χ2n) is 3.35. The van der Waals surface area contributed by atoms with E-state index < -0.39 is 46.7 Å². The van der Waals surface area contributed by atoms with Crippen molar-refractivity contribution in [1.29, 1.82) is 0 Å². The van der Waals surface area contributed by atoms with E-state index in [2.05, 4.69) is 14.5 Å². The summed E-state index contributed by atoms with van der Waals surface area (Å²) in [6.07, 6.45) is -5.81. The first-order chi connectivity index (χ1) is 9.14. The Morgan fingerprint density at radius 1 is 1.55 bits per heavy atom. The molecule has 1 aromatic rings. The summed E-state index contributed by atoms with van der Waals surface area (Å²) < 4.78 is 43.8. The first-order valence-electron chi connectivity index (χ1n) is 4.84. The zero-order valence-corrected chi connectivity index (χ0v) is 9.80. The lowest BCUT2D eigenvalue weighted by Gasteiger charge is -2.08. The number of halogens is 3. The minimum Gasteiger partial charge on any atom is -0.501 e. The third kappa shape index (κ3) is 3.96. The van der Waals surface area contributed by atoms with Gasteiger partial charge in [0.15, 0.2) is 0 Å². The third-order valence-corrected chi connectivity index (χ3v) is 1.99. The standard InChI is InChI=1S/C9H7F3N2O6/c1-19-6(15)3-4-2-5(20-9(10,11)12)13-8(7(4)16)14(17)18/h2,16H,3H2,1H3. The maximum atomic E-state index is 12.0. The maximum absolute atomic E-state index is 12.0. The average molecular weight is 296 g/mol. The molecule has 1 aromatic heterocycles. The Morgan fingerprint density at radius 3 is 2.60 bits per heavy atom. The van der Waals surface area contributed by atoms with E-state index in [1.165, 1.54) is 0 Å². The molecule has 0 saturated carbocycles. The van der Waals surface area contributed by atoms with E-state index in [-0.39, 0.29) is 0 Å². The van der Waals surface area contributed by atoms with Gasteiger partial charge in [-0.3, -0.25) is 4.79 Å². The average Bonchev–Trinajstić information content (AvgIpc) is 2.30. The highest BCUT2D eigenvalue weighted by Crippen LogP contribution is 2.33. The van der Waals surface area contributed by atoms with Gasteiger partial charge in [0.05, 0.1) is 13.5 Å². The molecule has 0 aliphatic rings. The SMILES string of the molecule is COC(=O)Cc1cc(OC(F)(F)F)nc([N+](=O)[O-])c1O. The summed E-state index contributed by atoms with van der Waals surface area (Å²) in [5.74, 6) is -4.37.